The van der Waals surface area contributed by atoms with E-state index in [-0.39, 0.29) is 12.1 Å². The minimum absolute atomic E-state index is 0.194. The topological polar surface area (TPSA) is 52.0 Å². The van der Waals surface area contributed by atoms with Gasteiger partial charge < -0.3 is 11.5 Å². The van der Waals surface area contributed by atoms with E-state index in [0.29, 0.717) is 0 Å². The first-order valence-corrected chi connectivity index (χ1v) is 7.33. The SMILES string of the molecule is NC(CC[C@@H](N)Cc1ccccc1)Cc1ccccc1. The minimum Gasteiger partial charge on any atom is -0.327 e. The summed E-state index contributed by atoms with van der Waals surface area (Å²) in [6.07, 6.45) is 3.81. The quantitative estimate of drug-likeness (QED) is 0.811. The molecule has 4 N–H and O–H groups in total. The molecule has 0 spiro atoms. The van der Waals surface area contributed by atoms with E-state index in [2.05, 4.69) is 48.5 Å². The van der Waals surface area contributed by atoms with Crippen LogP contribution in [0.4, 0.5) is 0 Å². The van der Waals surface area contributed by atoms with Crippen LogP contribution in [0, 0.1) is 0 Å². The minimum atomic E-state index is 0.194. The third kappa shape index (κ3) is 5.16. The summed E-state index contributed by atoms with van der Waals surface area (Å²) in [5, 5.41) is 0. The highest BCUT2D eigenvalue weighted by Gasteiger charge is 2.08. The second kappa shape index (κ2) is 7.83. The Bertz CT molecular complexity index is 434. The molecule has 0 heterocycles. The second-order valence-electron chi connectivity index (χ2n) is 5.48. The predicted molar refractivity (Wildman–Crippen MR) is 85.5 cm³/mol. The van der Waals surface area contributed by atoms with Crippen molar-refractivity contribution in [3.05, 3.63) is 71.8 Å². The van der Waals surface area contributed by atoms with Crippen LogP contribution in [0.3, 0.4) is 0 Å². The molecule has 2 nitrogen and oxygen atoms in total. The molecule has 0 saturated heterocycles. The molecular weight excluding hydrogens is 244 g/mol. The van der Waals surface area contributed by atoms with Gasteiger partial charge in [0.25, 0.3) is 0 Å². The van der Waals surface area contributed by atoms with Crippen LogP contribution < -0.4 is 11.5 Å². The zero-order chi connectivity index (χ0) is 14.2. The lowest BCUT2D eigenvalue weighted by Gasteiger charge is -2.16. The van der Waals surface area contributed by atoms with Crippen molar-refractivity contribution in [2.45, 2.75) is 37.8 Å². The summed E-state index contributed by atoms with van der Waals surface area (Å²) < 4.78 is 0. The van der Waals surface area contributed by atoms with E-state index < -0.39 is 0 Å². The Morgan fingerprint density at radius 1 is 0.600 bits per heavy atom. The van der Waals surface area contributed by atoms with Crippen molar-refractivity contribution in [3.63, 3.8) is 0 Å². The molecule has 20 heavy (non-hydrogen) atoms. The Hall–Kier alpha value is -1.64. The van der Waals surface area contributed by atoms with Crippen molar-refractivity contribution in [3.8, 4) is 0 Å². The lowest BCUT2D eigenvalue weighted by molar-refractivity contribution is 0.514. The Morgan fingerprint density at radius 3 is 1.30 bits per heavy atom. The summed E-state index contributed by atoms with van der Waals surface area (Å²) in [7, 11) is 0. The summed E-state index contributed by atoms with van der Waals surface area (Å²) in [6, 6.07) is 21.2. The highest BCUT2D eigenvalue weighted by atomic mass is 14.7. The van der Waals surface area contributed by atoms with Crippen LogP contribution >= 0.6 is 0 Å². The van der Waals surface area contributed by atoms with Crippen LogP contribution in [0.2, 0.25) is 0 Å². The van der Waals surface area contributed by atoms with Gasteiger partial charge in [-0.2, -0.15) is 0 Å². The molecule has 2 aromatic rings. The van der Waals surface area contributed by atoms with Crippen molar-refractivity contribution >= 4 is 0 Å². The van der Waals surface area contributed by atoms with Crippen molar-refractivity contribution in [2.75, 3.05) is 0 Å². The maximum Gasteiger partial charge on any atom is 0.00799 e. The molecule has 0 aliphatic rings. The second-order valence-corrected chi connectivity index (χ2v) is 5.48. The van der Waals surface area contributed by atoms with Gasteiger partial charge in [-0.05, 0) is 36.8 Å². The van der Waals surface area contributed by atoms with Gasteiger partial charge in [0.15, 0.2) is 0 Å². The van der Waals surface area contributed by atoms with Gasteiger partial charge in [-0.1, -0.05) is 60.7 Å². The molecule has 2 atom stereocenters. The monoisotopic (exact) mass is 268 g/mol. The van der Waals surface area contributed by atoms with Gasteiger partial charge in [0.2, 0.25) is 0 Å². The van der Waals surface area contributed by atoms with Crippen molar-refractivity contribution in [1.29, 1.82) is 0 Å². The third-order valence-electron chi connectivity index (χ3n) is 3.59. The van der Waals surface area contributed by atoms with Crippen LogP contribution in [-0.4, -0.2) is 12.1 Å². The molecule has 106 valence electrons. The number of rotatable bonds is 7. The molecule has 0 aliphatic carbocycles. The lowest BCUT2D eigenvalue weighted by Crippen LogP contribution is -2.29. The Balaban J connectivity index is 1.71. The zero-order valence-electron chi connectivity index (χ0n) is 11.9. The van der Waals surface area contributed by atoms with Gasteiger partial charge >= 0.3 is 0 Å². The molecule has 2 heteroatoms. The smallest absolute Gasteiger partial charge is 0.00799 e. The molecule has 0 amide bonds. The van der Waals surface area contributed by atoms with Crippen LogP contribution in [0.5, 0.6) is 0 Å². The van der Waals surface area contributed by atoms with E-state index in [9.17, 15) is 0 Å². The van der Waals surface area contributed by atoms with Crippen LogP contribution in [0.15, 0.2) is 60.7 Å². The molecule has 2 rings (SSSR count). The van der Waals surface area contributed by atoms with Gasteiger partial charge in [-0.3, -0.25) is 0 Å². The van der Waals surface area contributed by atoms with E-state index in [4.69, 9.17) is 11.5 Å². The average Bonchev–Trinajstić information content (AvgIpc) is 2.47. The maximum absolute atomic E-state index is 6.19. The Kier molecular flexibility index (Phi) is 5.78. The number of hydrogen-bond acceptors (Lipinski definition) is 2. The fourth-order valence-corrected chi connectivity index (χ4v) is 2.47. The van der Waals surface area contributed by atoms with E-state index in [0.717, 1.165) is 25.7 Å². The van der Waals surface area contributed by atoms with Gasteiger partial charge in [0.05, 0.1) is 0 Å². The Morgan fingerprint density at radius 2 is 0.950 bits per heavy atom. The third-order valence-corrected chi connectivity index (χ3v) is 3.59. The molecule has 0 fully saturated rings. The first-order chi connectivity index (χ1) is 9.74. The molecule has 0 saturated carbocycles. The fraction of sp³-hybridized carbons (Fsp3) is 0.333. The van der Waals surface area contributed by atoms with E-state index >= 15 is 0 Å². The molecule has 0 aliphatic heterocycles. The largest absolute Gasteiger partial charge is 0.327 e. The number of hydrogen-bond donors (Lipinski definition) is 2. The van der Waals surface area contributed by atoms with E-state index in [1.807, 2.05) is 12.1 Å². The molecule has 2 aromatic carbocycles. The van der Waals surface area contributed by atoms with Crippen LogP contribution in [0.1, 0.15) is 24.0 Å². The summed E-state index contributed by atoms with van der Waals surface area (Å²) in [4.78, 5) is 0. The fourth-order valence-electron chi connectivity index (χ4n) is 2.47. The van der Waals surface area contributed by atoms with Gasteiger partial charge in [0.1, 0.15) is 0 Å². The van der Waals surface area contributed by atoms with Crippen molar-refractivity contribution in [2.24, 2.45) is 11.5 Å². The summed E-state index contributed by atoms with van der Waals surface area (Å²) >= 11 is 0. The maximum atomic E-state index is 6.19. The summed E-state index contributed by atoms with van der Waals surface area (Å²) in [6.45, 7) is 0. The van der Waals surface area contributed by atoms with Crippen LogP contribution in [0.25, 0.3) is 0 Å². The summed E-state index contributed by atoms with van der Waals surface area (Å²) in [5.41, 5.74) is 15.0. The molecule has 0 aromatic heterocycles. The van der Waals surface area contributed by atoms with Gasteiger partial charge in [0, 0.05) is 12.1 Å². The van der Waals surface area contributed by atoms with Gasteiger partial charge in [-0.25, -0.2) is 0 Å². The first-order valence-electron chi connectivity index (χ1n) is 7.33. The zero-order valence-corrected chi connectivity index (χ0v) is 11.9. The van der Waals surface area contributed by atoms with Crippen LogP contribution in [-0.2, 0) is 12.8 Å². The number of nitrogens with two attached hydrogens (primary N) is 2. The van der Waals surface area contributed by atoms with Crippen molar-refractivity contribution < 1.29 is 0 Å². The van der Waals surface area contributed by atoms with Crippen molar-refractivity contribution in [1.82, 2.24) is 0 Å². The number of benzene rings is 2. The Labute approximate surface area is 121 Å². The molecule has 1 unspecified atom stereocenters. The lowest BCUT2D eigenvalue weighted by atomic mass is 9.97. The molecular formula is C18H24N2. The predicted octanol–water partition coefficient (Wildman–Crippen LogP) is 2.91. The normalized spacial score (nSPS) is 13.9. The molecule has 0 bridgehead atoms. The van der Waals surface area contributed by atoms with E-state index in [1.54, 1.807) is 0 Å². The average molecular weight is 268 g/mol. The van der Waals surface area contributed by atoms with E-state index in [1.165, 1.54) is 11.1 Å². The first kappa shape index (κ1) is 14.8. The summed E-state index contributed by atoms with van der Waals surface area (Å²) in [5.74, 6) is 0. The highest BCUT2D eigenvalue weighted by Crippen LogP contribution is 2.10. The standard InChI is InChI=1S/C18H24N2/c19-17(13-15-7-3-1-4-8-15)11-12-18(20)14-16-9-5-2-6-10-16/h1-10,17-18H,11-14,19-20H2/t17-,18?/m1/s1. The van der Waals surface area contributed by atoms with Gasteiger partial charge in [-0.15, -0.1) is 0 Å². The highest BCUT2D eigenvalue weighted by molar-refractivity contribution is 5.16. The molecule has 0 radical (unpaired) electrons.